The minimum absolute atomic E-state index is 0.00608. The number of aromatic nitrogens is 3. The van der Waals surface area contributed by atoms with Crippen LogP contribution in [-0.4, -0.2) is 75.4 Å². The van der Waals surface area contributed by atoms with E-state index in [0.29, 0.717) is 27.5 Å². The van der Waals surface area contributed by atoms with E-state index >= 15 is 0 Å². The van der Waals surface area contributed by atoms with Gasteiger partial charge in [-0.15, -0.1) is 0 Å². The van der Waals surface area contributed by atoms with Crippen molar-refractivity contribution in [2.75, 3.05) is 32.6 Å². The number of carbonyl (C=O) groups excluding carboxylic acids is 2. The Hall–Kier alpha value is -3.58. The molecule has 42 heavy (non-hydrogen) atoms. The number of imidazole rings is 1. The molecule has 1 unspecified atom stereocenters. The van der Waals surface area contributed by atoms with E-state index < -0.39 is 41.8 Å². The molecule has 0 bridgehead atoms. The average molecular weight is 611 g/mol. The van der Waals surface area contributed by atoms with Gasteiger partial charge in [-0.1, -0.05) is 23.7 Å². The Morgan fingerprint density at radius 1 is 1.19 bits per heavy atom. The number of nitrogens with zero attached hydrogens (tertiary/aromatic N) is 5. The summed E-state index contributed by atoms with van der Waals surface area (Å²) in [7, 11) is 2.68. The maximum absolute atomic E-state index is 14.3. The first-order chi connectivity index (χ1) is 19.6. The fraction of sp³-hybridized carbons (Fsp3) is 0.500. The van der Waals surface area contributed by atoms with Crippen LogP contribution in [0.1, 0.15) is 57.4 Å². The summed E-state index contributed by atoms with van der Waals surface area (Å²) in [5.41, 5.74) is 1.35. The van der Waals surface area contributed by atoms with Crippen LogP contribution in [0.2, 0.25) is 5.15 Å². The Balaban J connectivity index is 1.53. The lowest BCUT2D eigenvalue weighted by Gasteiger charge is -2.32. The molecule has 228 valence electrons. The highest BCUT2D eigenvalue weighted by molar-refractivity contribution is 6.29. The van der Waals surface area contributed by atoms with Crippen LogP contribution >= 0.6 is 11.6 Å². The SMILES string of the molecule is CO[C@@H](C)c1c(Nc2ccc([C@H](N(C)C(=O)C3CCN(C(=O)OC(C)(C)C)C3)C(F)(F)F)cc2)cnn2cc(Cl)nc12. The fourth-order valence-corrected chi connectivity index (χ4v) is 5.12. The lowest BCUT2D eigenvalue weighted by atomic mass is 10.0. The topological polar surface area (TPSA) is 101 Å². The number of alkyl halides is 3. The molecule has 1 fully saturated rings. The monoisotopic (exact) mass is 610 g/mol. The third-order valence-electron chi connectivity index (χ3n) is 7.00. The molecule has 0 radical (unpaired) electrons. The van der Waals surface area contributed by atoms with E-state index in [-0.39, 0.29) is 30.2 Å². The van der Waals surface area contributed by atoms with Crippen molar-refractivity contribution < 1.29 is 32.2 Å². The quantitative estimate of drug-likeness (QED) is 0.342. The second-order valence-electron chi connectivity index (χ2n) is 11.2. The zero-order valence-electron chi connectivity index (χ0n) is 24.2. The predicted octanol–water partition coefficient (Wildman–Crippen LogP) is 6.15. The lowest BCUT2D eigenvalue weighted by Crippen LogP contribution is -2.43. The predicted molar refractivity (Wildman–Crippen MR) is 151 cm³/mol. The minimum atomic E-state index is -4.74. The highest BCUT2D eigenvalue weighted by Gasteiger charge is 2.47. The average Bonchev–Trinajstić information content (AvgIpc) is 3.53. The second-order valence-corrected chi connectivity index (χ2v) is 11.6. The van der Waals surface area contributed by atoms with Gasteiger partial charge in [0.25, 0.3) is 0 Å². The number of likely N-dealkylation sites (tertiary alicyclic amines) is 1. The van der Waals surface area contributed by atoms with E-state index in [1.165, 1.54) is 33.7 Å². The highest BCUT2D eigenvalue weighted by atomic mass is 35.5. The third-order valence-corrected chi connectivity index (χ3v) is 7.18. The van der Waals surface area contributed by atoms with Gasteiger partial charge in [-0.25, -0.2) is 14.3 Å². The van der Waals surface area contributed by atoms with Crippen molar-refractivity contribution in [3.63, 3.8) is 0 Å². The molecule has 3 aromatic rings. The van der Waals surface area contributed by atoms with Crippen molar-refractivity contribution in [2.24, 2.45) is 5.92 Å². The van der Waals surface area contributed by atoms with Gasteiger partial charge in [0.2, 0.25) is 5.91 Å². The van der Waals surface area contributed by atoms with E-state index in [1.54, 1.807) is 40.3 Å². The second kappa shape index (κ2) is 12.0. The smallest absolute Gasteiger partial charge is 0.413 e. The minimum Gasteiger partial charge on any atom is -0.444 e. The number of hydrogen-bond acceptors (Lipinski definition) is 7. The zero-order valence-corrected chi connectivity index (χ0v) is 25.0. The molecular weight excluding hydrogens is 577 g/mol. The van der Waals surface area contributed by atoms with Crippen LogP contribution in [0.25, 0.3) is 5.65 Å². The maximum Gasteiger partial charge on any atom is 0.413 e. The molecular formula is C28H34ClF3N6O4. The van der Waals surface area contributed by atoms with Crippen LogP contribution in [0.4, 0.5) is 29.3 Å². The van der Waals surface area contributed by atoms with E-state index in [9.17, 15) is 22.8 Å². The Bertz CT molecular complexity index is 1440. The van der Waals surface area contributed by atoms with E-state index in [1.807, 2.05) is 6.92 Å². The Kier molecular flexibility index (Phi) is 8.93. The van der Waals surface area contributed by atoms with Crippen molar-refractivity contribution >= 4 is 40.6 Å². The first-order valence-electron chi connectivity index (χ1n) is 13.3. The summed E-state index contributed by atoms with van der Waals surface area (Å²) in [6, 6.07) is 3.46. The van der Waals surface area contributed by atoms with Gasteiger partial charge in [0, 0.05) is 32.9 Å². The standard InChI is InChI=1S/C28H34ClF3N6O4/c1-16(41-6)22-20(13-33-38-15-21(29)35-24(22)38)34-19-9-7-17(8-10-19)23(28(30,31)32)36(5)25(39)18-11-12-37(14-18)26(40)42-27(2,3)4/h7-10,13,15-16,18,23,34H,11-12,14H2,1-6H3/t16-,18?,23-/m0/s1. The number of anilines is 2. The number of halogens is 4. The molecule has 3 atom stereocenters. The number of methoxy groups -OCH3 is 1. The van der Waals surface area contributed by atoms with Gasteiger partial charge in [-0.3, -0.25) is 4.79 Å². The van der Waals surface area contributed by atoms with Gasteiger partial charge < -0.3 is 24.6 Å². The number of benzene rings is 1. The summed E-state index contributed by atoms with van der Waals surface area (Å²) in [5, 5.41) is 7.72. The van der Waals surface area contributed by atoms with Gasteiger partial charge in [0.15, 0.2) is 11.7 Å². The van der Waals surface area contributed by atoms with Gasteiger partial charge in [-0.05, 0) is 51.8 Å². The number of carbonyl (C=O) groups is 2. The fourth-order valence-electron chi connectivity index (χ4n) is 4.95. The van der Waals surface area contributed by atoms with E-state index in [0.717, 1.165) is 7.05 Å². The number of rotatable bonds is 7. The molecule has 0 spiro atoms. The van der Waals surface area contributed by atoms with Crippen molar-refractivity contribution in [1.29, 1.82) is 0 Å². The van der Waals surface area contributed by atoms with Crippen LogP contribution in [0.15, 0.2) is 36.7 Å². The van der Waals surface area contributed by atoms with Crippen LogP contribution < -0.4 is 5.32 Å². The van der Waals surface area contributed by atoms with Crippen molar-refractivity contribution in [3.8, 4) is 0 Å². The Morgan fingerprint density at radius 3 is 2.45 bits per heavy atom. The molecule has 10 nitrogen and oxygen atoms in total. The van der Waals surface area contributed by atoms with Gasteiger partial charge in [-0.2, -0.15) is 18.3 Å². The third kappa shape index (κ3) is 6.89. The van der Waals surface area contributed by atoms with Gasteiger partial charge in [0.05, 0.1) is 35.7 Å². The van der Waals surface area contributed by atoms with Crippen molar-refractivity contribution in [1.82, 2.24) is 24.4 Å². The Labute approximate surface area is 246 Å². The summed E-state index contributed by atoms with van der Waals surface area (Å²) >= 11 is 6.06. The lowest BCUT2D eigenvalue weighted by molar-refractivity contribution is -0.190. The normalized spacial score (nSPS) is 17.3. The van der Waals surface area contributed by atoms with Crippen LogP contribution in [-0.2, 0) is 14.3 Å². The number of amides is 2. The maximum atomic E-state index is 14.3. The van der Waals surface area contributed by atoms with E-state index in [4.69, 9.17) is 21.1 Å². The van der Waals surface area contributed by atoms with E-state index in [2.05, 4.69) is 15.4 Å². The molecule has 1 aliphatic rings. The Morgan fingerprint density at radius 2 is 1.86 bits per heavy atom. The molecule has 1 aliphatic heterocycles. The van der Waals surface area contributed by atoms with Crippen molar-refractivity contribution in [2.45, 2.75) is 58.0 Å². The number of hydrogen-bond donors (Lipinski definition) is 1. The molecule has 1 saturated heterocycles. The highest BCUT2D eigenvalue weighted by Crippen LogP contribution is 2.39. The summed E-state index contributed by atoms with van der Waals surface area (Å²) in [5.74, 6) is -1.46. The molecule has 0 aliphatic carbocycles. The van der Waals surface area contributed by atoms with Crippen molar-refractivity contribution in [3.05, 3.63) is 52.9 Å². The molecule has 2 aromatic heterocycles. The summed E-state index contributed by atoms with van der Waals surface area (Å²) in [6.45, 7) is 7.20. The zero-order chi connectivity index (χ0) is 31.0. The molecule has 1 N–H and O–H groups in total. The summed E-state index contributed by atoms with van der Waals surface area (Å²) in [6.07, 6.45) is -2.37. The largest absolute Gasteiger partial charge is 0.444 e. The first kappa shape index (κ1) is 31.4. The van der Waals surface area contributed by atoms with Gasteiger partial charge in [0.1, 0.15) is 10.8 Å². The summed E-state index contributed by atoms with van der Waals surface area (Å²) in [4.78, 5) is 32.0. The molecule has 14 heteroatoms. The first-order valence-corrected chi connectivity index (χ1v) is 13.7. The number of ether oxygens (including phenoxy) is 2. The molecule has 1 aromatic carbocycles. The van der Waals surface area contributed by atoms with Crippen LogP contribution in [0, 0.1) is 5.92 Å². The van der Waals surface area contributed by atoms with Gasteiger partial charge >= 0.3 is 12.3 Å². The molecule has 3 heterocycles. The number of nitrogens with one attached hydrogen (secondary N) is 1. The van der Waals surface area contributed by atoms with Crippen LogP contribution in [0.3, 0.4) is 0 Å². The molecule has 0 saturated carbocycles. The molecule has 4 rings (SSSR count). The number of fused-ring (bicyclic) bond motifs is 1. The van der Waals surface area contributed by atoms with Crippen LogP contribution in [0.5, 0.6) is 0 Å². The summed E-state index contributed by atoms with van der Waals surface area (Å²) < 4.78 is 55.4. The molecule has 2 amide bonds.